The van der Waals surface area contributed by atoms with Crippen LogP contribution in [0.1, 0.15) is 187 Å². The van der Waals surface area contributed by atoms with E-state index < -0.39 is 32.5 Å². The Morgan fingerprint density at radius 3 is 1.54 bits per heavy atom. The molecule has 0 spiro atoms. The molecule has 0 fully saturated rings. The van der Waals surface area contributed by atoms with E-state index in [0.717, 1.165) is 70.6 Å². The Bertz CT molecular complexity index is 954. The summed E-state index contributed by atoms with van der Waals surface area (Å²) in [4.78, 5) is 34.8. The third-order valence-electron chi connectivity index (χ3n) is 8.75. The summed E-state index contributed by atoms with van der Waals surface area (Å²) in [5.74, 6) is -0.849. The van der Waals surface area contributed by atoms with Crippen LogP contribution in [-0.2, 0) is 32.7 Å². The number of phosphoric ester groups is 1. The molecule has 304 valence electrons. The maximum Gasteiger partial charge on any atom is 0.472 e. The van der Waals surface area contributed by atoms with Crippen LogP contribution in [0.4, 0.5) is 0 Å². The van der Waals surface area contributed by atoms with E-state index in [1.165, 1.54) is 77.0 Å². The summed E-state index contributed by atoms with van der Waals surface area (Å²) < 4.78 is 32.7. The fraction of sp³-hybridized carbons (Fsp3) is 0.810. The number of phosphoric acid groups is 1. The van der Waals surface area contributed by atoms with Crippen LogP contribution in [0.25, 0.3) is 0 Å². The average Bonchev–Trinajstić information content (AvgIpc) is 3.13. The molecule has 10 heteroatoms. The molecule has 0 heterocycles. The standard InChI is InChI=1S/C42H78NO8P/c1-3-5-7-9-11-13-15-17-19-20-21-23-25-27-29-31-33-35-42(45)51-40(39-50-52(46,47)49-37-36-43)38-48-41(44)34-32-30-28-26-24-22-18-16-14-12-10-8-6-4-2/h10,12,16-19,40H,3-9,11,13-15,20-39,43H2,1-2H3,(H,46,47)/b12-10-,18-16-,19-17-/t40-/m1/s1. The highest BCUT2D eigenvalue weighted by Crippen LogP contribution is 2.43. The zero-order valence-electron chi connectivity index (χ0n) is 33.3. The minimum absolute atomic E-state index is 0.0504. The lowest BCUT2D eigenvalue weighted by Crippen LogP contribution is -2.29. The number of allylic oxidation sites excluding steroid dienone is 6. The molecule has 52 heavy (non-hydrogen) atoms. The molecular weight excluding hydrogens is 677 g/mol. The van der Waals surface area contributed by atoms with Gasteiger partial charge in [-0.1, -0.05) is 147 Å². The number of carbonyl (C=O) groups excluding carboxylic acids is 2. The zero-order chi connectivity index (χ0) is 38.2. The Kier molecular flexibility index (Phi) is 37.6. The van der Waals surface area contributed by atoms with Gasteiger partial charge in [-0.3, -0.25) is 18.6 Å². The highest BCUT2D eigenvalue weighted by Gasteiger charge is 2.26. The summed E-state index contributed by atoms with van der Waals surface area (Å²) in [5, 5.41) is 0. The first-order valence-corrected chi connectivity index (χ1v) is 22.5. The van der Waals surface area contributed by atoms with Crippen LogP contribution in [0.3, 0.4) is 0 Å². The second-order valence-corrected chi connectivity index (χ2v) is 15.3. The van der Waals surface area contributed by atoms with Crippen molar-refractivity contribution in [3.05, 3.63) is 36.5 Å². The fourth-order valence-corrected chi connectivity index (χ4v) is 6.35. The van der Waals surface area contributed by atoms with Crippen LogP contribution in [0, 0.1) is 0 Å². The summed E-state index contributed by atoms with van der Waals surface area (Å²) in [5.41, 5.74) is 5.34. The van der Waals surface area contributed by atoms with Gasteiger partial charge in [0, 0.05) is 19.4 Å². The highest BCUT2D eigenvalue weighted by atomic mass is 31.2. The fourth-order valence-electron chi connectivity index (χ4n) is 5.59. The Labute approximate surface area is 318 Å². The zero-order valence-corrected chi connectivity index (χ0v) is 34.2. The topological polar surface area (TPSA) is 134 Å². The van der Waals surface area contributed by atoms with Crippen LogP contribution in [0.2, 0.25) is 0 Å². The number of esters is 2. The van der Waals surface area contributed by atoms with E-state index in [4.69, 9.17) is 24.3 Å². The van der Waals surface area contributed by atoms with E-state index >= 15 is 0 Å². The minimum Gasteiger partial charge on any atom is -0.462 e. The van der Waals surface area contributed by atoms with Gasteiger partial charge in [-0.05, 0) is 64.2 Å². The maximum atomic E-state index is 12.6. The predicted octanol–water partition coefficient (Wildman–Crippen LogP) is 11.8. The molecule has 0 saturated heterocycles. The molecule has 9 nitrogen and oxygen atoms in total. The first kappa shape index (κ1) is 50.2. The largest absolute Gasteiger partial charge is 0.472 e. The molecule has 0 amide bonds. The van der Waals surface area contributed by atoms with Crippen molar-refractivity contribution in [2.24, 2.45) is 5.73 Å². The van der Waals surface area contributed by atoms with Crippen molar-refractivity contribution in [1.29, 1.82) is 0 Å². The maximum absolute atomic E-state index is 12.6. The Balaban J connectivity index is 4.19. The number of hydrogen-bond donors (Lipinski definition) is 2. The smallest absolute Gasteiger partial charge is 0.462 e. The lowest BCUT2D eigenvalue weighted by molar-refractivity contribution is -0.161. The minimum atomic E-state index is -4.38. The third-order valence-corrected chi connectivity index (χ3v) is 9.73. The summed E-state index contributed by atoms with van der Waals surface area (Å²) >= 11 is 0. The SMILES string of the molecule is CCCC/C=C\C/C=C\CCCCCCCC(=O)OC[C@H](COP(=O)(O)OCCN)OC(=O)CCCCCCCCC/C=C\CCCCCCCC. The van der Waals surface area contributed by atoms with Crippen LogP contribution in [-0.4, -0.2) is 49.3 Å². The van der Waals surface area contributed by atoms with Crippen LogP contribution in [0.5, 0.6) is 0 Å². The second-order valence-electron chi connectivity index (χ2n) is 13.8. The van der Waals surface area contributed by atoms with Crippen LogP contribution in [0.15, 0.2) is 36.5 Å². The summed E-state index contributed by atoms with van der Waals surface area (Å²) in [6.45, 7) is 3.67. The number of carbonyl (C=O) groups is 2. The first-order valence-electron chi connectivity index (χ1n) is 21.0. The Hall–Kier alpha value is -1.77. The van der Waals surface area contributed by atoms with Crippen molar-refractivity contribution in [3.8, 4) is 0 Å². The lowest BCUT2D eigenvalue weighted by atomic mass is 10.1. The summed E-state index contributed by atoms with van der Waals surface area (Å²) in [6, 6.07) is 0. The molecule has 2 atom stereocenters. The molecule has 0 radical (unpaired) electrons. The van der Waals surface area contributed by atoms with E-state index in [1.54, 1.807) is 0 Å². The van der Waals surface area contributed by atoms with Gasteiger partial charge in [0.1, 0.15) is 6.61 Å². The predicted molar refractivity (Wildman–Crippen MR) is 215 cm³/mol. The molecule has 0 aromatic heterocycles. The van der Waals surface area contributed by atoms with Crippen molar-refractivity contribution in [3.63, 3.8) is 0 Å². The van der Waals surface area contributed by atoms with Crippen molar-refractivity contribution < 1.29 is 37.6 Å². The molecule has 0 aliphatic rings. The van der Waals surface area contributed by atoms with Gasteiger partial charge in [-0.25, -0.2) is 4.57 Å². The number of nitrogens with two attached hydrogens (primary N) is 1. The van der Waals surface area contributed by atoms with Gasteiger partial charge in [-0.2, -0.15) is 0 Å². The molecule has 0 aromatic rings. The van der Waals surface area contributed by atoms with Gasteiger partial charge >= 0.3 is 19.8 Å². The number of ether oxygens (including phenoxy) is 2. The van der Waals surface area contributed by atoms with Crippen molar-refractivity contribution in [1.82, 2.24) is 0 Å². The van der Waals surface area contributed by atoms with Crippen molar-refractivity contribution in [2.75, 3.05) is 26.4 Å². The van der Waals surface area contributed by atoms with E-state index in [1.807, 2.05) is 0 Å². The van der Waals surface area contributed by atoms with E-state index in [0.29, 0.717) is 12.8 Å². The Morgan fingerprint density at radius 1 is 0.577 bits per heavy atom. The van der Waals surface area contributed by atoms with Gasteiger partial charge < -0.3 is 20.1 Å². The van der Waals surface area contributed by atoms with Crippen LogP contribution < -0.4 is 5.73 Å². The molecule has 0 aliphatic heterocycles. The number of hydrogen-bond acceptors (Lipinski definition) is 8. The molecule has 0 saturated carbocycles. The third kappa shape index (κ3) is 38.0. The second kappa shape index (κ2) is 38.9. The molecule has 0 aliphatic carbocycles. The molecule has 1 unspecified atom stereocenters. The monoisotopic (exact) mass is 756 g/mol. The van der Waals surface area contributed by atoms with Gasteiger partial charge in [0.05, 0.1) is 13.2 Å². The summed E-state index contributed by atoms with van der Waals surface area (Å²) in [6.07, 6.45) is 41.7. The van der Waals surface area contributed by atoms with Gasteiger partial charge in [0.25, 0.3) is 0 Å². The van der Waals surface area contributed by atoms with Gasteiger partial charge in [0.2, 0.25) is 0 Å². The van der Waals surface area contributed by atoms with Crippen LogP contribution >= 0.6 is 7.82 Å². The molecule has 3 N–H and O–H groups in total. The summed E-state index contributed by atoms with van der Waals surface area (Å²) in [7, 11) is -4.38. The molecular formula is C42H78NO8P. The molecule has 0 aromatic carbocycles. The van der Waals surface area contributed by atoms with Gasteiger partial charge in [0.15, 0.2) is 6.10 Å². The average molecular weight is 756 g/mol. The van der Waals surface area contributed by atoms with E-state index in [2.05, 4.69) is 50.3 Å². The Morgan fingerprint density at radius 2 is 1.02 bits per heavy atom. The first-order chi connectivity index (χ1) is 25.3. The van der Waals surface area contributed by atoms with Crippen molar-refractivity contribution >= 4 is 19.8 Å². The van der Waals surface area contributed by atoms with Gasteiger partial charge in [-0.15, -0.1) is 0 Å². The van der Waals surface area contributed by atoms with E-state index in [9.17, 15) is 19.0 Å². The number of unbranched alkanes of at least 4 members (excludes halogenated alkanes) is 20. The highest BCUT2D eigenvalue weighted by molar-refractivity contribution is 7.47. The normalized spacial score (nSPS) is 13.7. The quantitative estimate of drug-likeness (QED) is 0.0272. The number of rotatable bonds is 39. The molecule has 0 rings (SSSR count). The molecule has 0 bridgehead atoms. The van der Waals surface area contributed by atoms with Crippen molar-refractivity contribution in [2.45, 2.75) is 193 Å². The lowest BCUT2D eigenvalue weighted by Gasteiger charge is -2.19. The van der Waals surface area contributed by atoms with E-state index in [-0.39, 0.29) is 32.6 Å².